The molecule has 0 spiro atoms. The first-order chi connectivity index (χ1) is 8.29. The predicted molar refractivity (Wildman–Crippen MR) is 68.5 cm³/mol. The summed E-state index contributed by atoms with van der Waals surface area (Å²) < 4.78 is 6.25. The predicted octanol–water partition coefficient (Wildman–Crippen LogP) is 4.05. The average molecular weight is 235 g/mol. The maximum absolute atomic E-state index is 9.00. The summed E-state index contributed by atoms with van der Waals surface area (Å²) >= 11 is 0. The molecule has 2 heteroatoms. The summed E-state index contributed by atoms with van der Waals surface area (Å²) in [7, 11) is 0. The van der Waals surface area contributed by atoms with E-state index >= 15 is 0 Å². The van der Waals surface area contributed by atoms with Crippen LogP contribution in [-0.4, -0.2) is 12.2 Å². The Labute approximate surface area is 105 Å². The van der Waals surface area contributed by atoms with Gasteiger partial charge in [0.25, 0.3) is 0 Å². The van der Waals surface area contributed by atoms with E-state index in [9.17, 15) is 0 Å². The fourth-order valence-corrected chi connectivity index (χ4v) is 3.34. The van der Waals surface area contributed by atoms with Gasteiger partial charge in [-0.25, -0.2) is 0 Å². The molecule has 0 aromatic rings. The van der Waals surface area contributed by atoms with Gasteiger partial charge in [0.1, 0.15) is 0 Å². The van der Waals surface area contributed by atoms with Crippen LogP contribution in [0.5, 0.6) is 0 Å². The lowest BCUT2D eigenvalue weighted by atomic mass is 9.80. The molecule has 0 aliphatic heterocycles. The lowest BCUT2D eigenvalue weighted by molar-refractivity contribution is -0.0569. The summed E-state index contributed by atoms with van der Waals surface area (Å²) in [6.07, 6.45) is 12.3. The highest BCUT2D eigenvalue weighted by atomic mass is 16.5. The van der Waals surface area contributed by atoms with Crippen LogP contribution in [0.4, 0.5) is 0 Å². The molecule has 0 aromatic heterocycles. The second kappa shape index (κ2) is 6.40. The fraction of sp³-hybridized carbons (Fsp3) is 0.933. The van der Waals surface area contributed by atoms with Gasteiger partial charge in [0.05, 0.1) is 18.3 Å². The molecule has 96 valence electrons. The third kappa shape index (κ3) is 3.71. The maximum Gasteiger partial charge on any atom is 0.0655 e. The monoisotopic (exact) mass is 235 g/mol. The zero-order valence-corrected chi connectivity index (χ0v) is 11.0. The molecule has 0 radical (unpaired) electrons. The molecule has 2 fully saturated rings. The van der Waals surface area contributed by atoms with Gasteiger partial charge in [-0.15, -0.1) is 0 Å². The summed E-state index contributed by atoms with van der Waals surface area (Å²) in [5, 5.41) is 9.00. The van der Waals surface area contributed by atoms with Gasteiger partial charge in [-0.1, -0.05) is 25.7 Å². The zero-order chi connectivity index (χ0) is 12.1. The van der Waals surface area contributed by atoms with Gasteiger partial charge in [-0.05, 0) is 44.9 Å². The second-order valence-corrected chi connectivity index (χ2v) is 5.86. The number of nitriles is 1. The Balaban J connectivity index is 1.78. The van der Waals surface area contributed by atoms with Gasteiger partial charge < -0.3 is 4.74 Å². The normalized spacial score (nSPS) is 32.9. The zero-order valence-electron chi connectivity index (χ0n) is 11.0. The fourth-order valence-electron chi connectivity index (χ4n) is 3.34. The largest absolute Gasteiger partial charge is 0.375 e. The summed E-state index contributed by atoms with van der Waals surface area (Å²) in [5.41, 5.74) is 0. The van der Waals surface area contributed by atoms with Gasteiger partial charge in [0.2, 0.25) is 0 Å². The second-order valence-electron chi connectivity index (χ2n) is 5.86. The van der Waals surface area contributed by atoms with Gasteiger partial charge in [0, 0.05) is 5.92 Å². The first kappa shape index (κ1) is 12.9. The van der Waals surface area contributed by atoms with Gasteiger partial charge in [0.15, 0.2) is 0 Å². The topological polar surface area (TPSA) is 33.0 Å². The summed E-state index contributed by atoms with van der Waals surface area (Å²) in [6, 6.07) is 2.40. The molecule has 0 aromatic carbocycles. The number of hydrogen-bond acceptors (Lipinski definition) is 2. The molecule has 0 heterocycles. The highest BCUT2D eigenvalue weighted by molar-refractivity contribution is 4.88. The highest BCUT2D eigenvalue weighted by Crippen LogP contribution is 2.33. The van der Waals surface area contributed by atoms with Crippen molar-refractivity contribution in [3.63, 3.8) is 0 Å². The van der Waals surface area contributed by atoms with Crippen LogP contribution in [0.25, 0.3) is 0 Å². The van der Waals surface area contributed by atoms with Crippen LogP contribution in [-0.2, 0) is 4.74 Å². The van der Waals surface area contributed by atoms with E-state index in [0.29, 0.717) is 18.1 Å². The molecule has 2 aliphatic carbocycles. The number of hydrogen-bond donors (Lipinski definition) is 0. The van der Waals surface area contributed by atoms with Gasteiger partial charge in [-0.3, -0.25) is 0 Å². The molecular weight excluding hydrogens is 210 g/mol. The molecule has 2 aliphatic rings. The molecule has 17 heavy (non-hydrogen) atoms. The Morgan fingerprint density at radius 1 is 1.00 bits per heavy atom. The Morgan fingerprint density at radius 3 is 2.41 bits per heavy atom. The Kier molecular flexibility index (Phi) is 4.86. The molecule has 2 rings (SSSR count). The third-order valence-corrected chi connectivity index (χ3v) is 4.51. The average Bonchev–Trinajstić information content (AvgIpc) is 2.39. The van der Waals surface area contributed by atoms with E-state index in [4.69, 9.17) is 10.00 Å². The van der Waals surface area contributed by atoms with Gasteiger partial charge in [-0.2, -0.15) is 5.26 Å². The van der Waals surface area contributed by atoms with Crippen molar-refractivity contribution in [3.8, 4) is 6.07 Å². The van der Waals surface area contributed by atoms with Crippen LogP contribution in [0.2, 0.25) is 0 Å². The summed E-state index contributed by atoms with van der Waals surface area (Å²) in [6.45, 7) is 2.06. The molecule has 2 nitrogen and oxygen atoms in total. The lowest BCUT2D eigenvalue weighted by Gasteiger charge is -2.34. The van der Waals surface area contributed by atoms with Crippen LogP contribution in [0.1, 0.15) is 64.7 Å². The molecule has 3 unspecified atom stereocenters. The van der Waals surface area contributed by atoms with E-state index in [1.807, 2.05) is 0 Å². The first-order valence-electron chi connectivity index (χ1n) is 7.34. The third-order valence-electron chi connectivity index (χ3n) is 4.51. The van der Waals surface area contributed by atoms with Crippen molar-refractivity contribution in [3.05, 3.63) is 0 Å². The van der Waals surface area contributed by atoms with E-state index in [1.54, 1.807) is 0 Å². The van der Waals surface area contributed by atoms with Crippen LogP contribution >= 0.6 is 0 Å². The van der Waals surface area contributed by atoms with Crippen molar-refractivity contribution in [1.82, 2.24) is 0 Å². The van der Waals surface area contributed by atoms with E-state index in [-0.39, 0.29) is 5.92 Å². The molecule has 0 amide bonds. The smallest absolute Gasteiger partial charge is 0.0655 e. The van der Waals surface area contributed by atoms with Crippen molar-refractivity contribution in [2.45, 2.75) is 76.9 Å². The Hall–Kier alpha value is -0.550. The number of ether oxygens (including phenoxy) is 1. The van der Waals surface area contributed by atoms with Crippen molar-refractivity contribution in [2.24, 2.45) is 11.8 Å². The molecule has 3 atom stereocenters. The molecular formula is C15H25NO. The van der Waals surface area contributed by atoms with E-state index in [0.717, 1.165) is 6.42 Å². The van der Waals surface area contributed by atoms with Crippen molar-refractivity contribution in [2.75, 3.05) is 0 Å². The summed E-state index contributed by atoms with van der Waals surface area (Å²) in [4.78, 5) is 0. The lowest BCUT2D eigenvalue weighted by Crippen LogP contribution is -2.30. The van der Waals surface area contributed by atoms with Crippen molar-refractivity contribution in [1.29, 1.82) is 5.26 Å². The first-order valence-corrected chi connectivity index (χ1v) is 7.34. The van der Waals surface area contributed by atoms with E-state index in [1.165, 1.54) is 51.4 Å². The van der Waals surface area contributed by atoms with Crippen molar-refractivity contribution < 1.29 is 4.74 Å². The maximum atomic E-state index is 9.00. The van der Waals surface area contributed by atoms with Crippen LogP contribution in [0, 0.1) is 23.2 Å². The van der Waals surface area contributed by atoms with Crippen LogP contribution < -0.4 is 0 Å². The molecule has 0 N–H and O–H groups in total. The van der Waals surface area contributed by atoms with Crippen LogP contribution in [0.15, 0.2) is 0 Å². The highest BCUT2D eigenvalue weighted by Gasteiger charge is 2.28. The Morgan fingerprint density at radius 2 is 1.71 bits per heavy atom. The standard InChI is InChI=1S/C15H25NO/c1-12(11-16)13-6-5-9-15(10-13)17-14-7-3-2-4-8-14/h12-15H,2-10H2,1H3. The summed E-state index contributed by atoms with van der Waals surface area (Å²) in [5.74, 6) is 0.773. The molecule has 0 bridgehead atoms. The number of rotatable bonds is 3. The van der Waals surface area contributed by atoms with Gasteiger partial charge >= 0.3 is 0 Å². The van der Waals surface area contributed by atoms with Crippen LogP contribution in [0.3, 0.4) is 0 Å². The number of nitrogens with zero attached hydrogens (tertiary/aromatic N) is 1. The quantitative estimate of drug-likeness (QED) is 0.739. The Bertz CT molecular complexity index is 265. The minimum absolute atomic E-state index is 0.202. The van der Waals surface area contributed by atoms with E-state index < -0.39 is 0 Å². The molecule has 0 saturated heterocycles. The molecule has 2 saturated carbocycles. The SMILES string of the molecule is CC(C#N)C1CCCC(OC2CCCCC2)C1. The minimum Gasteiger partial charge on any atom is -0.375 e. The van der Waals surface area contributed by atoms with Crippen molar-refractivity contribution >= 4 is 0 Å². The van der Waals surface area contributed by atoms with E-state index in [2.05, 4.69) is 13.0 Å². The minimum atomic E-state index is 0.202.